The number of carbonyl (C=O) groups is 1. The number of hydrogen-bond donors (Lipinski definition) is 1. The van der Waals surface area contributed by atoms with Gasteiger partial charge in [0.1, 0.15) is 16.9 Å². The van der Waals surface area contributed by atoms with Gasteiger partial charge in [-0.25, -0.2) is 0 Å². The zero-order valence-electron chi connectivity index (χ0n) is 18.6. The molecule has 34 heavy (non-hydrogen) atoms. The molecular formula is C24H24ClN5OS3. The van der Waals surface area contributed by atoms with E-state index >= 15 is 0 Å². The normalized spacial score (nSPS) is 12.7. The van der Waals surface area contributed by atoms with Gasteiger partial charge in [0.2, 0.25) is 5.91 Å². The van der Waals surface area contributed by atoms with E-state index in [1.807, 2.05) is 28.8 Å². The van der Waals surface area contributed by atoms with E-state index in [0.717, 1.165) is 47.8 Å². The van der Waals surface area contributed by atoms with Crippen LogP contribution in [0.2, 0.25) is 5.02 Å². The summed E-state index contributed by atoms with van der Waals surface area (Å²) in [6, 6.07) is 10.1. The van der Waals surface area contributed by atoms with Gasteiger partial charge in [0.05, 0.1) is 17.1 Å². The van der Waals surface area contributed by atoms with Crippen LogP contribution in [-0.2, 0) is 35.7 Å². The number of thioether (sulfide) groups is 2. The third-order valence-electron chi connectivity index (χ3n) is 5.39. The Bertz CT molecular complexity index is 1210. The number of nitrogens with zero attached hydrogens (tertiary/aromatic N) is 4. The summed E-state index contributed by atoms with van der Waals surface area (Å²) in [6.07, 6.45) is 5.95. The monoisotopic (exact) mass is 529 g/mol. The molecule has 0 radical (unpaired) electrons. The summed E-state index contributed by atoms with van der Waals surface area (Å²) in [6.45, 7) is 4.42. The molecule has 0 saturated carbocycles. The molecule has 1 aromatic carbocycles. The molecule has 10 heteroatoms. The number of fused-ring (bicyclic) bond motifs is 1. The van der Waals surface area contributed by atoms with Crippen molar-refractivity contribution >= 4 is 57.4 Å². The SMILES string of the molecule is C=CCn1c(CSCc2ccc(Cl)cc2)nnc1SCC(=O)Nc1sc2c(c1C#N)CCCC2. The van der Waals surface area contributed by atoms with Gasteiger partial charge in [0.15, 0.2) is 5.16 Å². The number of aromatic nitrogens is 3. The van der Waals surface area contributed by atoms with Gasteiger partial charge in [-0.2, -0.15) is 5.26 Å². The lowest BCUT2D eigenvalue weighted by molar-refractivity contribution is -0.113. The van der Waals surface area contributed by atoms with Crippen molar-refractivity contribution in [1.82, 2.24) is 14.8 Å². The molecule has 0 aliphatic heterocycles. The Hall–Kier alpha value is -2.25. The first-order chi connectivity index (χ1) is 16.6. The molecule has 3 aromatic rings. The highest BCUT2D eigenvalue weighted by Gasteiger charge is 2.22. The Morgan fingerprint density at radius 2 is 2.06 bits per heavy atom. The Morgan fingerprint density at radius 1 is 1.26 bits per heavy atom. The van der Waals surface area contributed by atoms with Gasteiger partial charge >= 0.3 is 0 Å². The summed E-state index contributed by atoms with van der Waals surface area (Å²) in [7, 11) is 0. The van der Waals surface area contributed by atoms with Gasteiger partial charge in [-0.15, -0.1) is 39.9 Å². The van der Waals surface area contributed by atoms with Crippen LogP contribution in [0.1, 0.15) is 40.2 Å². The van der Waals surface area contributed by atoms with E-state index in [4.69, 9.17) is 11.6 Å². The van der Waals surface area contributed by atoms with Crippen LogP contribution < -0.4 is 5.32 Å². The first kappa shape index (κ1) is 24.9. The molecule has 0 spiro atoms. The van der Waals surface area contributed by atoms with E-state index < -0.39 is 0 Å². The van der Waals surface area contributed by atoms with Crippen LogP contribution in [0.3, 0.4) is 0 Å². The van der Waals surface area contributed by atoms with E-state index in [1.54, 1.807) is 17.8 Å². The molecule has 1 amide bonds. The van der Waals surface area contributed by atoms with Crippen molar-refractivity contribution in [2.75, 3.05) is 11.1 Å². The molecule has 1 aliphatic rings. The number of benzene rings is 1. The second-order valence-corrected chi connectivity index (χ2v) is 11.3. The minimum absolute atomic E-state index is 0.146. The Labute approximate surface area is 216 Å². The van der Waals surface area contributed by atoms with Gasteiger partial charge in [-0.05, 0) is 48.9 Å². The minimum atomic E-state index is -0.146. The fraction of sp³-hybridized carbons (Fsp3) is 0.333. The number of amides is 1. The molecule has 2 heterocycles. The lowest BCUT2D eigenvalue weighted by atomic mass is 9.96. The fourth-order valence-electron chi connectivity index (χ4n) is 3.75. The summed E-state index contributed by atoms with van der Waals surface area (Å²) in [5.41, 5.74) is 2.95. The molecule has 2 aromatic heterocycles. The Morgan fingerprint density at radius 3 is 2.82 bits per heavy atom. The molecule has 0 atom stereocenters. The van der Waals surface area contributed by atoms with Crippen molar-refractivity contribution in [1.29, 1.82) is 5.26 Å². The van der Waals surface area contributed by atoms with Crippen molar-refractivity contribution in [3.05, 3.63) is 69.3 Å². The number of allylic oxidation sites excluding steroid dienone is 1. The topological polar surface area (TPSA) is 83.6 Å². The lowest BCUT2D eigenvalue weighted by Crippen LogP contribution is -2.15. The number of rotatable bonds is 10. The van der Waals surface area contributed by atoms with E-state index in [2.05, 4.69) is 28.2 Å². The Kier molecular flexibility index (Phi) is 8.73. The second kappa shape index (κ2) is 11.9. The minimum Gasteiger partial charge on any atom is -0.316 e. The van der Waals surface area contributed by atoms with Crippen LogP contribution in [0, 0.1) is 11.3 Å². The van der Waals surface area contributed by atoms with Gasteiger partial charge < -0.3 is 9.88 Å². The van der Waals surface area contributed by atoms with Crippen molar-refractivity contribution in [3.63, 3.8) is 0 Å². The predicted octanol–water partition coefficient (Wildman–Crippen LogP) is 6.09. The molecular weight excluding hydrogens is 506 g/mol. The number of aryl methyl sites for hydroxylation is 1. The second-order valence-electron chi connectivity index (χ2n) is 7.78. The Balaban J connectivity index is 1.35. The maximum Gasteiger partial charge on any atom is 0.235 e. The standard InChI is InChI=1S/C24H24ClN5OS3/c1-2-11-30-21(14-32-13-16-7-9-17(25)10-8-16)28-29-24(30)33-15-22(31)27-23-19(12-26)18-5-3-4-6-20(18)34-23/h2,7-10H,1,3-6,11,13-15H2,(H,27,31). The molecule has 176 valence electrons. The summed E-state index contributed by atoms with van der Waals surface area (Å²) in [5, 5.41) is 23.3. The van der Waals surface area contributed by atoms with Crippen LogP contribution in [0.5, 0.6) is 0 Å². The quantitative estimate of drug-likeness (QED) is 0.252. The molecule has 0 saturated heterocycles. The zero-order chi connectivity index (χ0) is 23.9. The van der Waals surface area contributed by atoms with Crippen molar-refractivity contribution in [2.45, 2.75) is 48.9 Å². The molecule has 0 fully saturated rings. The third kappa shape index (κ3) is 6.05. The number of thiophene rings is 1. The van der Waals surface area contributed by atoms with Crippen LogP contribution >= 0.6 is 46.5 Å². The van der Waals surface area contributed by atoms with Crippen LogP contribution in [0.15, 0.2) is 42.1 Å². The summed E-state index contributed by atoms with van der Waals surface area (Å²) in [4.78, 5) is 13.9. The van der Waals surface area contributed by atoms with Crippen molar-refractivity contribution in [3.8, 4) is 6.07 Å². The number of carbonyl (C=O) groups excluding carboxylic acids is 1. The summed E-state index contributed by atoms with van der Waals surface area (Å²) in [5.74, 6) is 2.43. The van der Waals surface area contributed by atoms with Crippen molar-refractivity contribution < 1.29 is 4.79 Å². The van der Waals surface area contributed by atoms with Crippen LogP contribution in [0.4, 0.5) is 5.00 Å². The lowest BCUT2D eigenvalue weighted by Gasteiger charge is -2.09. The summed E-state index contributed by atoms with van der Waals surface area (Å²) < 4.78 is 1.99. The van der Waals surface area contributed by atoms with Crippen LogP contribution in [0.25, 0.3) is 0 Å². The molecule has 0 bridgehead atoms. The average Bonchev–Trinajstić information content (AvgIpc) is 3.39. The predicted molar refractivity (Wildman–Crippen MR) is 142 cm³/mol. The van der Waals surface area contributed by atoms with Crippen LogP contribution in [-0.4, -0.2) is 26.4 Å². The first-order valence-corrected chi connectivity index (χ1v) is 14.2. The smallest absolute Gasteiger partial charge is 0.235 e. The average molecular weight is 530 g/mol. The highest BCUT2D eigenvalue weighted by atomic mass is 35.5. The highest BCUT2D eigenvalue weighted by molar-refractivity contribution is 7.99. The third-order valence-corrected chi connectivity index (χ3v) is 8.81. The summed E-state index contributed by atoms with van der Waals surface area (Å²) >= 11 is 10.6. The van der Waals surface area contributed by atoms with E-state index in [9.17, 15) is 10.1 Å². The number of anilines is 1. The molecule has 1 aliphatic carbocycles. The van der Waals surface area contributed by atoms with Gasteiger partial charge in [-0.3, -0.25) is 4.79 Å². The molecule has 4 rings (SSSR count). The maximum absolute atomic E-state index is 12.7. The highest BCUT2D eigenvalue weighted by Crippen LogP contribution is 2.37. The van der Waals surface area contributed by atoms with E-state index in [0.29, 0.717) is 28.0 Å². The molecule has 6 nitrogen and oxygen atoms in total. The van der Waals surface area contributed by atoms with E-state index in [1.165, 1.54) is 33.5 Å². The number of nitrogens with one attached hydrogen (secondary N) is 1. The van der Waals surface area contributed by atoms with E-state index in [-0.39, 0.29) is 11.7 Å². The largest absolute Gasteiger partial charge is 0.316 e. The fourth-order valence-corrected chi connectivity index (χ4v) is 6.83. The number of halogens is 1. The number of hydrogen-bond acceptors (Lipinski definition) is 7. The van der Waals surface area contributed by atoms with Gasteiger partial charge in [0, 0.05) is 22.2 Å². The zero-order valence-corrected chi connectivity index (χ0v) is 21.8. The first-order valence-electron chi connectivity index (χ1n) is 10.9. The molecule has 0 unspecified atom stereocenters. The van der Waals surface area contributed by atoms with Gasteiger partial charge in [0.25, 0.3) is 0 Å². The van der Waals surface area contributed by atoms with Gasteiger partial charge in [-0.1, -0.05) is 41.6 Å². The molecule has 1 N–H and O–H groups in total. The number of nitriles is 1. The van der Waals surface area contributed by atoms with Crippen molar-refractivity contribution in [2.24, 2.45) is 0 Å². The maximum atomic E-state index is 12.7.